The molecule has 0 aromatic carbocycles. The van der Waals surface area contributed by atoms with Gasteiger partial charge in [0.2, 0.25) is 27.6 Å². The van der Waals surface area contributed by atoms with E-state index in [1.54, 1.807) is 7.05 Å². The van der Waals surface area contributed by atoms with Gasteiger partial charge in [-0.05, 0) is 80.5 Å². The average Bonchev–Trinajstić information content (AvgIpc) is 3.94. The summed E-state index contributed by atoms with van der Waals surface area (Å²) in [7, 11) is -2.03. The summed E-state index contributed by atoms with van der Waals surface area (Å²) >= 11 is 0. The Labute approximate surface area is 304 Å². The Morgan fingerprint density at radius 1 is 0.882 bits per heavy atom. The first-order chi connectivity index (χ1) is 23.9. The predicted octanol–water partition coefficient (Wildman–Crippen LogP) is 3.08. The van der Waals surface area contributed by atoms with Gasteiger partial charge in [0.25, 0.3) is 5.91 Å². The van der Waals surface area contributed by atoms with Crippen LogP contribution in [0.4, 0.5) is 4.79 Å². The Morgan fingerprint density at radius 3 is 2.06 bits per heavy atom. The molecule has 5 rings (SSSR count). The van der Waals surface area contributed by atoms with E-state index in [4.69, 9.17) is 0 Å². The summed E-state index contributed by atoms with van der Waals surface area (Å²) < 4.78 is 28.4. The number of sulfonamides is 1. The molecule has 1 saturated heterocycles. The van der Waals surface area contributed by atoms with E-state index in [0.717, 1.165) is 57.8 Å². The van der Waals surface area contributed by atoms with Crippen LogP contribution < -0.4 is 21.3 Å². The SMILES string of the molecule is CC(C)[C@H]1CCN(C(=O)[C@@H](NC(=O)NC2(CS(=O)(=O)N(C)CC3CC3)CCCCC2)C(C)(C)C)[C@@H]1C(=O)N[C@@H](CC1CC1)C(=O)C(=O)NC1CC1. The maximum atomic E-state index is 14.5. The number of hydrogen-bond acceptors (Lipinski definition) is 7. The number of nitrogens with one attached hydrogen (secondary N) is 4. The maximum Gasteiger partial charge on any atom is 0.315 e. The zero-order valence-corrected chi connectivity index (χ0v) is 32.4. The van der Waals surface area contributed by atoms with Crippen molar-refractivity contribution in [2.75, 3.05) is 25.9 Å². The van der Waals surface area contributed by atoms with Gasteiger partial charge in [-0.25, -0.2) is 17.5 Å². The van der Waals surface area contributed by atoms with E-state index in [0.29, 0.717) is 44.7 Å². The van der Waals surface area contributed by atoms with Gasteiger partial charge in [-0.3, -0.25) is 19.2 Å². The van der Waals surface area contributed by atoms with E-state index in [1.807, 2.05) is 34.6 Å². The number of carbonyl (C=O) groups excluding carboxylic acids is 5. The molecule has 5 amide bonds. The van der Waals surface area contributed by atoms with Crippen LogP contribution >= 0.6 is 0 Å². The number of hydrogen-bond donors (Lipinski definition) is 4. The Morgan fingerprint density at radius 2 is 1.51 bits per heavy atom. The lowest BCUT2D eigenvalue weighted by Gasteiger charge is -2.40. The van der Waals surface area contributed by atoms with Crippen LogP contribution in [0.25, 0.3) is 0 Å². The molecule has 51 heavy (non-hydrogen) atoms. The minimum absolute atomic E-state index is 0.0112. The van der Waals surface area contributed by atoms with E-state index in [1.165, 1.54) is 9.21 Å². The van der Waals surface area contributed by atoms with E-state index >= 15 is 0 Å². The van der Waals surface area contributed by atoms with Gasteiger partial charge in [0, 0.05) is 26.2 Å². The summed E-state index contributed by atoms with van der Waals surface area (Å²) in [5, 5.41) is 11.6. The average molecular weight is 735 g/mol. The molecule has 1 heterocycles. The molecule has 0 radical (unpaired) electrons. The zero-order valence-electron chi connectivity index (χ0n) is 31.6. The van der Waals surface area contributed by atoms with Crippen molar-refractivity contribution in [3.63, 3.8) is 0 Å². The molecule has 4 atom stereocenters. The molecular weight excluding hydrogens is 673 g/mol. The highest BCUT2D eigenvalue weighted by Gasteiger charge is 2.49. The first kappa shape index (κ1) is 39.5. The quantitative estimate of drug-likeness (QED) is 0.176. The van der Waals surface area contributed by atoms with Crippen LogP contribution in [-0.2, 0) is 29.2 Å². The van der Waals surface area contributed by atoms with E-state index < -0.39 is 68.6 Å². The molecule has 0 spiro atoms. The molecule has 4 N–H and O–H groups in total. The Hall–Kier alpha value is -2.74. The molecule has 5 fully saturated rings. The number of ketones is 1. The summed E-state index contributed by atoms with van der Waals surface area (Å²) in [5.74, 6) is -1.88. The number of urea groups is 1. The molecule has 13 nitrogen and oxygen atoms in total. The molecule has 0 unspecified atom stereocenters. The maximum absolute atomic E-state index is 14.5. The molecule has 288 valence electrons. The van der Waals surface area contributed by atoms with E-state index in [-0.39, 0.29) is 29.5 Å². The largest absolute Gasteiger partial charge is 0.347 e. The highest BCUT2D eigenvalue weighted by atomic mass is 32.2. The highest BCUT2D eigenvalue weighted by molar-refractivity contribution is 7.89. The van der Waals surface area contributed by atoms with Crippen molar-refractivity contribution in [3.05, 3.63) is 0 Å². The van der Waals surface area contributed by atoms with Gasteiger partial charge in [-0.15, -0.1) is 0 Å². The Kier molecular flexibility index (Phi) is 12.1. The van der Waals surface area contributed by atoms with Crippen molar-refractivity contribution in [2.45, 2.75) is 148 Å². The van der Waals surface area contributed by atoms with Crippen molar-refractivity contribution in [1.29, 1.82) is 0 Å². The van der Waals surface area contributed by atoms with Crippen LogP contribution in [0, 0.1) is 29.1 Å². The van der Waals surface area contributed by atoms with Crippen LogP contribution in [0.15, 0.2) is 0 Å². The standard InChI is InChI=1S/C37H62N6O7S/c1-23(2)27-16-19-43(29(27)32(45)39-28(20-24-10-11-24)30(44)33(46)38-26-14-15-26)34(47)31(36(3,4)5)40-35(48)41-37(17-8-7-9-18-37)22-51(49,50)42(6)21-25-12-13-25/h23-29,31H,7-22H2,1-6H3,(H,38,46)(H,39,45)(H2,40,41,48)/t27-,28+,29+,31-/m1/s1. The number of rotatable bonds is 16. The summed E-state index contributed by atoms with van der Waals surface area (Å²) in [4.78, 5) is 70.1. The molecule has 0 aromatic rings. The third-order valence-corrected chi connectivity index (χ3v) is 13.6. The first-order valence-corrected chi connectivity index (χ1v) is 21.0. The van der Waals surface area contributed by atoms with Gasteiger partial charge in [0.15, 0.2) is 0 Å². The molecule has 14 heteroatoms. The third-order valence-electron chi connectivity index (χ3n) is 11.6. The van der Waals surface area contributed by atoms with Crippen LogP contribution in [0.5, 0.6) is 0 Å². The minimum atomic E-state index is -3.64. The molecule has 0 bridgehead atoms. The predicted molar refractivity (Wildman–Crippen MR) is 194 cm³/mol. The number of carbonyl (C=O) groups is 5. The van der Waals surface area contributed by atoms with Crippen LogP contribution in [0.3, 0.4) is 0 Å². The number of nitrogens with zero attached hydrogens (tertiary/aromatic N) is 2. The fourth-order valence-corrected chi connectivity index (χ4v) is 9.63. The fraction of sp³-hybridized carbons (Fsp3) is 0.865. The molecular formula is C37H62N6O7S. The summed E-state index contributed by atoms with van der Waals surface area (Å²) in [6, 6.07) is -3.48. The van der Waals surface area contributed by atoms with Crippen LogP contribution in [0.1, 0.15) is 118 Å². The summed E-state index contributed by atoms with van der Waals surface area (Å²) in [5.41, 5.74) is -1.72. The Balaban J connectivity index is 1.31. The van der Waals surface area contributed by atoms with Crippen LogP contribution in [0.2, 0.25) is 0 Å². The first-order valence-electron chi connectivity index (χ1n) is 19.4. The van der Waals surface area contributed by atoms with Gasteiger partial charge in [-0.1, -0.05) is 66.7 Å². The van der Waals surface area contributed by atoms with Gasteiger partial charge < -0.3 is 26.2 Å². The van der Waals surface area contributed by atoms with E-state index in [9.17, 15) is 32.4 Å². The lowest BCUT2D eigenvalue weighted by atomic mass is 9.83. The van der Waals surface area contributed by atoms with Gasteiger partial charge in [0.1, 0.15) is 12.1 Å². The number of likely N-dealkylation sites (tertiary alicyclic amines) is 1. The summed E-state index contributed by atoms with van der Waals surface area (Å²) in [6.45, 7) is 10.3. The lowest BCUT2D eigenvalue weighted by Crippen LogP contribution is -2.64. The Bertz CT molecular complexity index is 1430. The molecule has 4 saturated carbocycles. The molecule has 4 aliphatic carbocycles. The van der Waals surface area contributed by atoms with Gasteiger partial charge in [-0.2, -0.15) is 0 Å². The van der Waals surface area contributed by atoms with E-state index in [2.05, 4.69) is 21.3 Å². The monoisotopic (exact) mass is 734 g/mol. The normalized spacial score (nSPS) is 24.9. The van der Waals surface area contributed by atoms with Gasteiger partial charge in [0.05, 0.1) is 17.3 Å². The second kappa shape index (κ2) is 15.7. The summed E-state index contributed by atoms with van der Waals surface area (Å²) in [6.07, 6.45) is 10.2. The lowest BCUT2D eigenvalue weighted by molar-refractivity contribution is -0.145. The second-order valence-corrected chi connectivity index (χ2v) is 19.8. The van der Waals surface area contributed by atoms with Gasteiger partial charge >= 0.3 is 6.03 Å². The van der Waals surface area contributed by atoms with Crippen molar-refractivity contribution < 1.29 is 32.4 Å². The van der Waals surface area contributed by atoms with Crippen molar-refractivity contribution in [2.24, 2.45) is 29.1 Å². The highest BCUT2D eigenvalue weighted by Crippen LogP contribution is 2.37. The fourth-order valence-electron chi connectivity index (χ4n) is 7.91. The number of Topliss-reactive ketones (excluding diaryl/α,β-unsaturated/α-hetero) is 1. The van der Waals surface area contributed by atoms with Crippen molar-refractivity contribution in [3.8, 4) is 0 Å². The molecule has 5 aliphatic rings. The smallest absolute Gasteiger partial charge is 0.315 e. The second-order valence-electron chi connectivity index (χ2n) is 17.7. The third kappa shape index (κ3) is 10.4. The molecule has 1 aliphatic heterocycles. The topological polar surface area (TPSA) is 174 Å². The van der Waals surface area contributed by atoms with Crippen molar-refractivity contribution in [1.82, 2.24) is 30.5 Å². The van der Waals surface area contributed by atoms with Crippen molar-refractivity contribution >= 4 is 39.6 Å². The zero-order chi connectivity index (χ0) is 37.3. The minimum Gasteiger partial charge on any atom is -0.347 e. The van der Waals surface area contributed by atoms with Crippen LogP contribution in [-0.4, -0.2) is 103 Å². The number of amides is 5. The molecule has 0 aromatic heterocycles.